The summed E-state index contributed by atoms with van der Waals surface area (Å²) in [6.45, 7) is 3.57. The Bertz CT molecular complexity index is 428. The van der Waals surface area contributed by atoms with Crippen LogP contribution in [0, 0.1) is 18.7 Å². The lowest BCUT2D eigenvalue weighted by Crippen LogP contribution is -2.11. The van der Waals surface area contributed by atoms with Gasteiger partial charge in [-0.25, -0.2) is 4.39 Å². The molecule has 0 heterocycles. The Morgan fingerprint density at radius 3 is 2.73 bits per heavy atom. The van der Waals surface area contributed by atoms with Crippen molar-refractivity contribution in [2.75, 3.05) is 0 Å². The number of hydrogen-bond acceptors (Lipinski definition) is 1. The number of carboxylic acids is 1. The Morgan fingerprint density at radius 2 is 2.27 bits per heavy atom. The molecule has 0 spiro atoms. The van der Waals surface area contributed by atoms with Crippen molar-refractivity contribution in [3.05, 3.63) is 35.1 Å². The van der Waals surface area contributed by atoms with Crippen molar-refractivity contribution in [3.63, 3.8) is 0 Å². The first kappa shape index (κ1) is 10.1. The molecule has 0 saturated heterocycles. The molecule has 1 aromatic rings. The molecule has 0 radical (unpaired) electrons. The fraction of sp³-hybridized carbons (Fsp3) is 0.417. The third kappa shape index (κ3) is 1.52. The molecule has 1 saturated carbocycles. The van der Waals surface area contributed by atoms with Gasteiger partial charge in [-0.2, -0.15) is 0 Å². The standard InChI is InChI=1S/C12H13FO2/c1-7-3-4-8(5-10(7)13)12(2)6-9(12)11(14)15/h3-5,9H,6H2,1-2H3,(H,14,15). The van der Waals surface area contributed by atoms with Crippen LogP contribution in [-0.2, 0) is 10.2 Å². The van der Waals surface area contributed by atoms with Crippen molar-refractivity contribution < 1.29 is 14.3 Å². The lowest BCUT2D eigenvalue weighted by molar-refractivity contribution is -0.138. The molecule has 0 aliphatic heterocycles. The van der Waals surface area contributed by atoms with Gasteiger partial charge in [0.1, 0.15) is 5.82 Å². The monoisotopic (exact) mass is 208 g/mol. The van der Waals surface area contributed by atoms with Crippen LogP contribution in [0.1, 0.15) is 24.5 Å². The number of hydrogen-bond donors (Lipinski definition) is 1. The van der Waals surface area contributed by atoms with E-state index in [1.807, 2.05) is 13.0 Å². The van der Waals surface area contributed by atoms with Crippen LogP contribution in [0.4, 0.5) is 4.39 Å². The second-order valence-corrected chi connectivity index (χ2v) is 4.48. The topological polar surface area (TPSA) is 37.3 Å². The first-order valence-corrected chi connectivity index (χ1v) is 4.94. The molecule has 0 bridgehead atoms. The molecule has 1 N–H and O–H groups in total. The molecule has 2 unspecified atom stereocenters. The average Bonchev–Trinajstić information content (AvgIpc) is 2.84. The van der Waals surface area contributed by atoms with Gasteiger partial charge in [0.2, 0.25) is 0 Å². The minimum absolute atomic E-state index is 0.259. The van der Waals surface area contributed by atoms with Crippen LogP contribution < -0.4 is 0 Å². The van der Waals surface area contributed by atoms with E-state index in [2.05, 4.69) is 0 Å². The molecule has 1 aliphatic rings. The van der Waals surface area contributed by atoms with E-state index in [-0.39, 0.29) is 17.2 Å². The summed E-state index contributed by atoms with van der Waals surface area (Å²) in [6, 6.07) is 4.98. The van der Waals surface area contributed by atoms with Gasteiger partial charge >= 0.3 is 5.97 Å². The smallest absolute Gasteiger partial charge is 0.307 e. The number of aliphatic carboxylic acids is 1. The van der Waals surface area contributed by atoms with Gasteiger partial charge in [0, 0.05) is 5.41 Å². The largest absolute Gasteiger partial charge is 0.481 e. The minimum Gasteiger partial charge on any atom is -0.481 e. The highest BCUT2D eigenvalue weighted by Gasteiger charge is 2.55. The van der Waals surface area contributed by atoms with Gasteiger partial charge in [0.25, 0.3) is 0 Å². The number of carboxylic acid groups (broad SMARTS) is 1. The average molecular weight is 208 g/mol. The zero-order valence-corrected chi connectivity index (χ0v) is 8.75. The van der Waals surface area contributed by atoms with Gasteiger partial charge in [-0.15, -0.1) is 0 Å². The van der Waals surface area contributed by atoms with Crippen LogP contribution in [-0.4, -0.2) is 11.1 Å². The maximum Gasteiger partial charge on any atom is 0.307 e. The molecule has 15 heavy (non-hydrogen) atoms. The van der Waals surface area contributed by atoms with Crippen LogP contribution in [0.25, 0.3) is 0 Å². The summed E-state index contributed by atoms with van der Waals surface area (Å²) in [5, 5.41) is 8.88. The number of carbonyl (C=O) groups is 1. The lowest BCUT2D eigenvalue weighted by atomic mass is 9.94. The van der Waals surface area contributed by atoms with Crippen molar-refractivity contribution in [1.29, 1.82) is 0 Å². The summed E-state index contributed by atoms with van der Waals surface area (Å²) in [6.07, 6.45) is 0.602. The number of halogens is 1. The zero-order valence-electron chi connectivity index (χ0n) is 8.75. The highest BCUT2D eigenvalue weighted by molar-refractivity contribution is 5.77. The van der Waals surface area contributed by atoms with Gasteiger partial charge in [-0.1, -0.05) is 19.1 Å². The number of rotatable bonds is 2. The van der Waals surface area contributed by atoms with E-state index in [0.717, 1.165) is 5.56 Å². The zero-order chi connectivity index (χ0) is 11.2. The van der Waals surface area contributed by atoms with Gasteiger partial charge in [0.05, 0.1) is 5.92 Å². The molecular weight excluding hydrogens is 195 g/mol. The Kier molecular flexibility index (Phi) is 2.07. The van der Waals surface area contributed by atoms with Crippen molar-refractivity contribution in [1.82, 2.24) is 0 Å². The number of benzene rings is 1. The van der Waals surface area contributed by atoms with E-state index in [9.17, 15) is 9.18 Å². The Balaban J connectivity index is 2.32. The molecule has 2 rings (SSSR count). The van der Waals surface area contributed by atoms with Crippen LogP contribution in [0.3, 0.4) is 0 Å². The fourth-order valence-electron chi connectivity index (χ4n) is 1.99. The maximum absolute atomic E-state index is 13.3. The summed E-state index contributed by atoms with van der Waals surface area (Å²) in [5.41, 5.74) is 1.01. The van der Waals surface area contributed by atoms with E-state index >= 15 is 0 Å². The molecule has 80 valence electrons. The molecule has 1 aromatic carbocycles. The second-order valence-electron chi connectivity index (χ2n) is 4.48. The summed E-state index contributed by atoms with van der Waals surface area (Å²) in [7, 11) is 0. The van der Waals surface area contributed by atoms with Gasteiger partial charge in [0.15, 0.2) is 0 Å². The minimum atomic E-state index is -0.793. The van der Waals surface area contributed by atoms with E-state index in [1.54, 1.807) is 13.0 Å². The Labute approximate surface area is 87.7 Å². The predicted octanol–water partition coefficient (Wildman–Crippen LogP) is 2.50. The Morgan fingerprint density at radius 1 is 1.60 bits per heavy atom. The fourth-order valence-corrected chi connectivity index (χ4v) is 1.99. The lowest BCUT2D eigenvalue weighted by Gasteiger charge is -2.11. The van der Waals surface area contributed by atoms with Crippen molar-refractivity contribution in [2.24, 2.45) is 5.92 Å². The molecular formula is C12H13FO2. The van der Waals surface area contributed by atoms with Gasteiger partial charge in [-0.05, 0) is 30.5 Å². The third-order valence-corrected chi connectivity index (χ3v) is 3.37. The first-order chi connectivity index (χ1) is 6.95. The van der Waals surface area contributed by atoms with E-state index in [4.69, 9.17) is 5.11 Å². The molecule has 1 aliphatic carbocycles. The summed E-state index contributed by atoms with van der Waals surface area (Å²) in [5.74, 6) is -1.41. The molecule has 0 amide bonds. The van der Waals surface area contributed by atoms with Crippen LogP contribution in [0.2, 0.25) is 0 Å². The highest BCUT2D eigenvalue weighted by atomic mass is 19.1. The normalized spacial score (nSPS) is 28.9. The first-order valence-electron chi connectivity index (χ1n) is 4.94. The highest BCUT2D eigenvalue weighted by Crippen LogP contribution is 2.54. The van der Waals surface area contributed by atoms with E-state index in [1.165, 1.54) is 6.07 Å². The van der Waals surface area contributed by atoms with E-state index in [0.29, 0.717) is 12.0 Å². The quantitative estimate of drug-likeness (QED) is 0.810. The molecule has 3 heteroatoms. The van der Waals surface area contributed by atoms with Crippen LogP contribution in [0.5, 0.6) is 0 Å². The van der Waals surface area contributed by atoms with Crippen LogP contribution >= 0.6 is 0 Å². The molecule has 1 fully saturated rings. The maximum atomic E-state index is 13.3. The SMILES string of the molecule is Cc1ccc(C2(C)CC2C(=O)O)cc1F. The third-order valence-electron chi connectivity index (χ3n) is 3.37. The van der Waals surface area contributed by atoms with Crippen molar-refractivity contribution >= 4 is 5.97 Å². The molecule has 2 nitrogen and oxygen atoms in total. The summed E-state index contributed by atoms with van der Waals surface area (Å²) in [4.78, 5) is 10.8. The second kappa shape index (κ2) is 3.05. The molecule has 0 aromatic heterocycles. The number of aryl methyl sites for hydroxylation is 1. The summed E-state index contributed by atoms with van der Waals surface area (Å²) >= 11 is 0. The van der Waals surface area contributed by atoms with Crippen LogP contribution in [0.15, 0.2) is 18.2 Å². The Hall–Kier alpha value is -1.38. The van der Waals surface area contributed by atoms with E-state index < -0.39 is 5.97 Å². The molecule has 2 atom stereocenters. The predicted molar refractivity (Wildman–Crippen MR) is 54.2 cm³/mol. The van der Waals surface area contributed by atoms with Gasteiger partial charge < -0.3 is 5.11 Å². The summed E-state index contributed by atoms with van der Waals surface area (Å²) < 4.78 is 13.3. The van der Waals surface area contributed by atoms with Gasteiger partial charge in [-0.3, -0.25) is 4.79 Å². The van der Waals surface area contributed by atoms with Crippen molar-refractivity contribution in [3.8, 4) is 0 Å². The van der Waals surface area contributed by atoms with Crippen molar-refractivity contribution in [2.45, 2.75) is 25.7 Å².